The average molecular weight is 194 g/mol. The van der Waals surface area contributed by atoms with Crippen molar-refractivity contribution in [3.63, 3.8) is 0 Å². The van der Waals surface area contributed by atoms with Gasteiger partial charge in [-0.1, -0.05) is 0 Å². The van der Waals surface area contributed by atoms with Crippen molar-refractivity contribution in [3.8, 4) is 0 Å². The van der Waals surface area contributed by atoms with Crippen LogP contribution in [-0.4, -0.2) is 36.1 Å². The lowest BCUT2D eigenvalue weighted by Gasteiger charge is -2.45. The van der Waals surface area contributed by atoms with Gasteiger partial charge in [0.2, 0.25) is 0 Å². The van der Waals surface area contributed by atoms with Crippen molar-refractivity contribution < 1.29 is 8.87 Å². The Hall–Kier alpha value is -0.765. The van der Waals surface area contributed by atoms with Gasteiger partial charge in [-0.05, 0) is 20.8 Å². The molecule has 3 nitrogen and oxygen atoms in total. The molecule has 0 aromatic carbocycles. The molecule has 0 saturated heterocycles. The van der Waals surface area contributed by atoms with Crippen LogP contribution in [0.5, 0.6) is 0 Å². The van der Waals surface area contributed by atoms with Crippen LogP contribution < -0.4 is 4.48 Å². The number of imidazole rings is 1. The molecular weight excluding hydrogens is 173 g/mol. The van der Waals surface area contributed by atoms with Crippen LogP contribution in [0.4, 0.5) is 0 Å². The number of aromatic nitrogens is 2. The van der Waals surface area contributed by atoms with Crippen LogP contribution in [0.3, 0.4) is 0 Å². The summed E-state index contributed by atoms with van der Waals surface area (Å²) in [5.74, 6) is 0. The third kappa shape index (κ3) is 2.38. The molecule has 0 unspecified atom stereocenters. The minimum atomic E-state index is 1.04. The molecule has 1 rings (SSSR count). The SMILES string of the molecule is CC[N+]([B-][n+]1ccn(C)c1)(CC)CC. The zero-order valence-electron chi connectivity index (χ0n) is 9.77. The van der Waals surface area contributed by atoms with E-state index in [1.807, 2.05) is 7.05 Å². The van der Waals surface area contributed by atoms with E-state index < -0.39 is 0 Å². The predicted molar refractivity (Wildman–Crippen MR) is 58.6 cm³/mol. The first-order valence-corrected chi connectivity index (χ1v) is 5.40. The summed E-state index contributed by atoms with van der Waals surface area (Å²) in [5.41, 5.74) is 0. The van der Waals surface area contributed by atoms with Crippen molar-refractivity contribution in [1.82, 2.24) is 4.57 Å². The van der Waals surface area contributed by atoms with Gasteiger partial charge in [0.05, 0.1) is 13.2 Å². The fourth-order valence-electron chi connectivity index (χ4n) is 1.74. The number of aryl methyl sites for hydroxylation is 1. The van der Waals surface area contributed by atoms with E-state index in [0.717, 1.165) is 24.0 Å². The third-order valence-corrected chi connectivity index (χ3v) is 3.06. The van der Waals surface area contributed by atoms with Crippen LogP contribution in [0.2, 0.25) is 0 Å². The van der Waals surface area contributed by atoms with Crippen LogP contribution >= 0.6 is 0 Å². The second-order valence-electron chi connectivity index (χ2n) is 3.81. The Morgan fingerprint density at radius 1 is 1.21 bits per heavy atom. The molecule has 4 heteroatoms. The van der Waals surface area contributed by atoms with Crippen LogP contribution in [0.1, 0.15) is 20.8 Å². The largest absolute Gasteiger partial charge is 0.520 e. The molecule has 0 atom stereocenters. The highest BCUT2D eigenvalue weighted by molar-refractivity contribution is 6.14. The number of rotatable bonds is 5. The number of nitrogens with zero attached hydrogens (tertiary/aromatic N) is 3. The van der Waals surface area contributed by atoms with Crippen LogP contribution in [-0.2, 0) is 7.05 Å². The number of hydrogen-bond donors (Lipinski definition) is 0. The van der Waals surface area contributed by atoms with E-state index in [2.05, 4.69) is 56.1 Å². The maximum atomic E-state index is 2.29. The van der Waals surface area contributed by atoms with Crippen LogP contribution in [0.25, 0.3) is 0 Å². The summed E-state index contributed by atoms with van der Waals surface area (Å²) in [7, 11) is 4.34. The molecule has 0 bridgehead atoms. The Kier molecular flexibility index (Phi) is 3.75. The topological polar surface area (TPSA) is 8.81 Å². The van der Waals surface area contributed by atoms with E-state index in [-0.39, 0.29) is 0 Å². The quantitative estimate of drug-likeness (QED) is 0.606. The second-order valence-corrected chi connectivity index (χ2v) is 3.81. The first kappa shape index (κ1) is 11.3. The standard InChI is InChI=1S/C10H21BN3/c1-5-14(6-2,7-3)11-13-9-8-12(4)10-13/h8-10H,5-7H2,1-4H3/q+1. The van der Waals surface area contributed by atoms with E-state index in [0.29, 0.717) is 0 Å². The molecular formula is C10H21BN3+. The Labute approximate surface area is 87.8 Å². The zero-order chi connectivity index (χ0) is 10.6. The van der Waals surface area contributed by atoms with E-state index in [4.69, 9.17) is 0 Å². The van der Waals surface area contributed by atoms with Gasteiger partial charge in [-0.25, -0.2) is 4.57 Å². The Morgan fingerprint density at radius 3 is 2.14 bits per heavy atom. The molecule has 0 spiro atoms. The summed E-state index contributed by atoms with van der Waals surface area (Å²) < 4.78 is 5.25. The van der Waals surface area contributed by atoms with Crippen LogP contribution in [0.15, 0.2) is 18.7 Å². The van der Waals surface area contributed by atoms with E-state index >= 15 is 0 Å². The minimum Gasteiger partial charge on any atom is -0.520 e. The minimum absolute atomic E-state index is 1.04. The molecule has 0 amide bonds. The fourth-order valence-corrected chi connectivity index (χ4v) is 1.74. The maximum absolute atomic E-state index is 2.29. The van der Waals surface area contributed by atoms with Crippen molar-refractivity contribution >= 4 is 7.55 Å². The lowest BCUT2D eigenvalue weighted by molar-refractivity contribution is -0.856. The van der Waals surface area contributed by atoms with Gasteiger partial charge in [-0.3, -0.25) is 0 Å². The molecule has 0 N–H and O–H groups in total. The summed E-state index contributed by atoms with van der Waals surface area (Å²) in [6.45, 7) is 10.2. The molecule has 78 valence electrons. The molecule has 0 aliphatic heterocycles. The highest BCUT2D eigenvalue weighted by Gasteiger charge is 2.14. The second kappa shape index (κ2) is 4.64. The molecule has 0 aliphatic rings. The van der Waals surface area contributed by atoms with Gasteiger partial charge < -0.3 is 8.87 Å². The van der Waals surface area contributed by atoms with Gasteiger partial charge in [0.1, 0.15) is 6.20 Å². The molecule has 1 heterocycles. The van der Waals surface area contributed by atoms with E-state index in [1.54, 1.807) is 0 Å². The van der Waals surface area contributed by atoms with Gasteiger partial charge in [-0.15, -0.1) is 0 Å². The Bertz CT molecular complexity index is 270. The molecule has 14 heavy (non-hydrogen) atoms. The van der Waals surface area contributed by atoms with E-state index in [9.17, 15) is 0 Å². The summed E-state index contributed by atoms with van der Waals surface area (Å²) in [6, 6.07) is 0. The monoisotopic (exact) mass is 194 g/mol. The van der Waals surface area contributed by atoms with Crippen LogP contribution in [0, 0.1) is 0 Å². The number of quaternary nitrogens is 1. The summed E-state index contributed by atoms with van der Waals surface area (Å²) in [6.07, 6.45) is 6.24. The average Bonchev–Trinajstić information content (AvgIpc) is 2.61. The van der Waals surface area contributed by atoms with Crippen molar-refractivity contribution in [2.75, 3.05) is 19.6 Å². The number of hydrogen-bond acceptors (Lipinski definition) is 0. The molecule has 0 saturated carbocycles. The lowest BCUT2D eigenvalue weighted by Crippen LogP contribution is -2.62. The zero-order valence-corrected chi connectivity index (χ0v) is 9.77. The maximum Gasteiger partial charge on any atom is 0.282 e. The molecule has 0 aliphatic carbocycles. The smallest absolute Gasteiger partial charge is 0.282 e. The van der Waals surface area contributed by atoms with Gasteiger partial charge in [-0.2, -0.15) is 0 Å². The lowest BCUT2D eigenvalue weighted by atomic mass is 10.0. The fraction of sp³-hybridized carbons (Fsp3) is 0.700. The van der Waals surface area contributed by atoms with Gasteiger partial charge in [0, 0.05) is 19.6 Å². The van der Waals surface area contributed by atoms with Gasteiger partial charge in [0.15, 0.2) is 6.33 Å². The van der Waals surface area contributed by atoms with Crippen molar-refractivity contribution in [2.24, 2.45) is 7.05 Å². The highest BCUT2D eigenvalue weighted by atomic mass is 15.3. The van der Waals surface area contributed by atoms with Crippen molar-refractivity contribution in [3.05, 3.63) is 18.7 Å². The molecule has 0 fully saturated rings. The highest BCUT2D eigenvalue weighted by Crippen LogP contribution is 2.00. The third-order valence-electron chi connectivity index (χ3n) is 3.06. The molecule has 1 aromatic heterocycles. The first-order chi connectivity index (χ1) is 6.65. The van der Waals surface area contributed by atoms with Crippen molar-refractivity contribution in [1.29, 1.82) is 0 Å². The van der Waals surface area contributed by atoms with Gasteiger partial charge in [0.25, 0.3) is 7.55 Å². The summed E-state index contributed by atoms with van der Waals surface area (Å²) in [5, 5.41) is 0. The molecule has 2 radical (unpaired) electrons. The van der Waals surface area contributed by atoms with E-state index in [1.165, 1.54) is 0 Å². The summed E-state index contributed by atoms with van der Waals surface area (Å²) in [4.78, 5) is 0. The summed E-state index contributed by atoms with van der Waals surface area (Å²) >= 11 is 0. The van der Waals surface area contributed by atoms with Crippen molar-refractivity contribution in [2.45, 2.75) is 20.8 Å². The molecule has 1 aromatic rings. The van der Waals surface area contributed by atoms with Gasteiger partial charge >= 0.3 is 0 Å². The normalized spacial score (nSPS) is 12.0. The predicted octanol–water partition coefficient (Wildman–Crippen LogP) is 0.571. The first-order valence-electron chi connectivity index (χ1n) is 5.40. The Morgan fingerprint density at radius 2 is 1.79 bits per heavy atom. The Balaban J connectivity index is 2.73.